The minimum Gasteiger partial charge on any atom is -0.445 e. The van der Waals surface area contributed by atoms with Gasteiger partial charge in [-0.05, 0) is 39.2 Å². The number of carbonyl (C=O) groups is 2. The van der Waals surface area contributed by atoms with Crippen LogP contribution in [0.5, 0.6) is 0 Å². The second-order valence-corrected chi connectivity index (χ2v) is 6.70. The Morgan fingerprint density at radius 3 is 2.42 bits per heavy atom. The molecule has 0 spiro atoms. The first kappa shape index (κ1) is 21.7. The topological polar surface area (TPSA) is 100 Å². The van der Waals surface area contributed by atoms with Crippen LogP contribution in [-0.2, 0) is 16.1 Å². The van der Waals surface area contributed by atoms with Crippen LogP contribution >= 0.6 is 0 Å². The largest absolute Gasteiger partial charge is 0.445 e. The molecule has 0 saturated carbocycles. The maximum atomic E-state index is 11.9. The molecule has 0 aliphatic carbocycles. The molecule has 0 fully saturated rings. The number of rotatable bonds is 9. The van der Waals surface area contributed by atoms with Crippen LogP contribution in [0, 0.1) is 0 Å². The summed E-state index contributed by atoms with van der Waals surface area (Å²) in [4.78, 5) is 23.7. The third-order valence-electron chi connectivity index (χ3n) is 3.11. The van der Waals surface area contributed by atoms with Crippen molar-refractivity contribution >= 4 is 12.2 Å². The molecule has 0 atom stereocenters. The highest BCUT2D eigenvalue weighted by Gasteiger charge is 2.18. The van der Waals surface area contributed by atoms with Crippen LogP contribution in [0.15, 0.2) is 30.3 Å². The summed E-state index contributed by atoms with van der Waals surface area (Å²) in [6, 6.07) is 9.34. The number of alkyl carbamates (subject to hydrolysis) is 1. The van der Waals surface area contributed by atoms with Gasteiger partial charge < -0.3 is 19.9 Å². The van der Waals surface area contributed by atoms with E-state index in [9.17, 15) is 9.59 Å². The van der Waals surface area contributed by atoms with Crippen LogP contribution in [0.25, 0.3) is 0 Å². The van der Waals surface area contributed by atoms with Crippen molar-refractivity contribution in [3.05, 3.63) is 35.9 Å². The molecule has 1 rings (SSSR count). The normalized spacial score (nSPS) is 11.1. The maximum absolute atomic E-state index is 11.9. The van der Waals surface area contributed by atoms with Crippen LogP contribution in [0.1, 0.15) is 39.2 Å². The molecule has 1 aromatic carbocycles. The lowest BCUT2D eigenvalue weighted by Gasteiger charge is -2.26. The van der Waals surface area contributed by atoms with Crippen molar-refractivity contribution in [1.82, 2.24) is 15.8 Å². The Balaban J connectivity index is 2.42. The number of hydrogen-bond donors (Lipinski definition) is 3. The summed E-state index contributed by atoms with van der Waals surface area (Å²) < 4.78 is 10.3. The summed E-state index contributed by atoms with van der Waals surface area (Å²) >= 11 is 0. The standard InChI is InChI=1S/C18H29N3O5/c1-18(2,3)26-17(24)20-21(11-7-8-12-22)14-19-16(23)25-13-15-9-5-4-6-10-15/h4-6,9-10,22H,7-8,11-14H2,1-3H3,(H,19,23)(H,20,24). The van der Waals surface area contributed by atoms with Crippen LogP contribution in [0.4, 0.5) is 9.59 Å². The molecule has 0 aliphatic rings. The number of unbranched alkanes of at least 4 members (excludes halogenated alkanes) is 1. The molecule has 3 N–H and O–H groups in total. The Hall–Kier alpha value is -2.32. The molecule has 0 aliphatic heterocycles. The van der Waals surface area contributed by atoms with E-state index in [-0.39, 0.29) is 19.9 Å². The minimum absolute atomic E-state index is 0.0539. The van der Waals surface area contributed by atoms with Crippen LogP contribution in [0.3, 0.4) is 0 Å². The molecule has 0 heterocycles. The van der Waals surface area contributed by atoms with Gasteiger partial charge in [-0.1, -0.05) is 30.3 Å². The predicted octanol–water partition coefficient (Wildman–Crippen LogP) is 2.38. The second-order valence-electron chi connectivity index (χ2n) is 6.70. The van der Waals surface area contributed by atoms with Gasteiger partial charge in [0.1, 0.15) is 12.2 Å². The molecule has 0 aromatic heterocycles. The zero-order valence-electron chi connectivity index (χ0n) is 15.7. The fraction of sp³-hybridized carbons (Fsp3) is 0.556. The number of hydrogen-bond acceptors (Lipinski definition) is 6. The molecule has 2 amide bonds. The Labute approximate surface area is 154 Å². The quantitative estimate of drug-likeness (QED) is 0.352. The third kappa shape index (κ3) is 10.5. The number of nitrogens with zero attached hydrogens (tertiary/aromatic N) is 1. The van der Waals surface area contributed by atoms with Gasteiger partial charge in [0, 0.05) is 13.2 Å². The van der Waals surface area contributed by atoms with Gasteiger partial charge in [0.2, 0.25) is 0 Å². The maximum Gasteiger partial charge on any atom is 0.422 e. The molecule has 8 heteroatoms. The molecule has 8 nitrogen and oxygen atoms in total. The Morgan fingerprint density at radius 1 is 1.12 bits per heavy atom. The van der Waals surface area contributed by atoms with Gasteiger partial charge in [-0.2, -0.15) is 5.01 Å². The van der Waals surface area contributed by atoms with E-state index in [1.54, 1.807) is 20.8 Å². The molecule has 146 valence electrons. The first-order chi connectivity index (χ1) is 12.3. The van der Waals surface area contributed by atoms with Gasteiger partial charge in [-0.25, -0.2) is 9.59 Å². The fourth-order valence-corrected chi connectivity index (χ4v) is 1.95. The first-order valence-electron chi connectivity index (χ1n) is 8.60. The molecule has 0 radical (unpaired) electrons. The lowest BCUT2D eigenvalue weighted by atomic mass is 10.2. The Bertz CT molecular complexity index is 546. The highest BCUT2D eigenvalue weighted by Crippen LogP contribution is 2.07. The van der Waals surface area contributed by atoms with Crippen molar-refractivity contribution in [2.45, 2.75) is 45.8 Å². The van der Waals surface area contributed by atoms with Crippen molar-refractivity contribution in [3.8, 4) is 0 Å². The lowest BCUT2D eigenvalue weighted by molar-refractivity contribution is 0.0304. The highest BCUT2D eigenvalue weighted by molar-refractivity contribution is 5.68. The molecule has 26 heavy (non-hydrogen) atoms. The van der Waals surface area contributed by atoms with Gasteiger partial charge in [0.25, 0.3) is 0 Å². The van der Waals surface area contributed by atoms with Crippen molar-refractivity contribution in [2.75, 3.05) is 19.8 Å². The third-order valence-corrected chi connectivity index (χ3v) is 3.11. The van der Waals surface area contributed by atoms with E-state index < -0.39 is 17.8 Å². The smallest absolute Gasteiger partial charge is 0.422 e. The Morgan fingerprint density at radius 2 is 1.81 bits per heavy atom. The average Bonchev–Trinajstić information content (AvgIpc) is 2.57. The van der Waals surface area contributed by atoms with Crippen molar-refractivity contribution in [2.24, 2.45) is 0 Å². The number of amides is 2. The number of aliphatic hydroxyl groups is 1. The first-order valence-corrected chi connectivity index (χ1v) is 8.60. The zero-order chi connectivity index (χ0) is 19.4. The zero-order valence-corrected chi connectivity index (χ0v) is 15.7. The second kappa shape index (κ2) is 11.3. The van der Waals surface area contributed by atoms with Crippen LogP contribution in [0.2, 0.25) is 0 Å². The number of nitrogens with one attached hydrogen (secondary N) is 2. The number of aliphatic hydroxyl groups excluding tert-OH is 1. The molecule has 0 bridgehead atoms. The number of benzene rings is 1. The highest BCUT2D eigenvalue weighted by atomic mass is 16.6. The minimum atomic E-state index is -0.622. The van der Waals surface area contributed by atoms with Crippen molar-refractivity contribution < 1.29 is 24.2 Å². The van der Waals surface area contributed by atoms with Crippen LogP contribution < -0.4 is 10.7 Å². The lowest BCUT2D eigenvalue weighted by Crippen LogP contribution is -2.50. The summed E-state index contributed by atoms with van der Waals surface area (Å²) in [6.45, 7) is 6.02. The van der Waals surface area contributed by atoms with E-state index in [2.05, 4.69) is 10.7 Å². The van der Waals surface area contributed by atoms with Crippen molar-refractivity contribution in [1.29, 1.82) is 0 Å². The number of carbonyl (C=O) groups excluding carboxylic acids is 2. The van der Waals surface area contributed by atoms with Gasteiger partial charge in [-0.3, -0.25) is 5.43 Å². The predicted molar refractivity (Wildman–Crippen MR) is 97.0 cm³/mol. The number of ether oxygens (including phenoxy) is 2. The van der Waals surface area contributed by atoms with Gasteiger partial charge in [0.15, 0.2) is 0 Å². The van der Waals surface area contributed by atoms with Crippen LogP contribution in [-0.4, -0.2) is 47.7 Å². The summed E-state index contributed by atoms with van der Waals surface area (Å²) in [5.74, 6) is 0. The number of hydrazine groups is 1. The van der Waals surface area contributed by atoms with E-state index in [1.165, 1.54) is 5.01 Å². The monoisotopic (exact) mass is 367 g/mol. The van der Waals surface area contributed by atoms with E-state index in [0.29, 0.717) is 19.4 Å². The fourth-order valence-electron chi connectivity index (χ4n) is 1.95. The van der Waals surface area contributed by atoms with Gasteiger partial charge in [-0.15, -0.1) is 0 Å². The molecule has 1 aromatic rings. The molecule has 0 unspecified atom stereocenters. The summed E-state index contributed by atoms with van der Waals surface area (Å²) in [7, 11) is 0. The summed E-state index contributed by atoms with van der Waals surface area (Å²) in [6.07, 6.45) is 0.0331. The Kier molecular flexibility index (Phi) is 9.46. The summed E-state index contributed by atoms with van der Waals surface area (Å²) in [5, 5.41) is 13.0. The molecular weight excluding hydrogens is 338 g/mol. The average molecular weight is 367 g/mol. The van der Waals surface area contributed by atoms with Crippen molar-refractivity contribution in [3.63, 3.8) is 0 Å². The van der Waals surface area contributed by atoms with E-state index in [1.807, 2.05) is 30.3 Å². The summed E-state index contributed by atoms with van der Waals surface area (Å²) in [5.41, 5.74) is 2.84. The van der Waals surface area contributed by atoms with E-state index in [0.717, 1.165) is 5.56 Å². The van der Waals surface area contributed by atoms with Gasteiger partial charge >= 0.3 is 12.2 Å². The van der Waals surface area contributed by atoms with E-state index in [4.69, 9.17) is 14.6 Å². The van der Waals surface area contributed by atoms with E-state index >= 15 is 0 Å². The SMILES string of the molecule is CC(C)(C)OC(=O)NN(CCCCO)CNC(=O)OCc1ccccc1. The molecular formula is C18H29N3O5. The van der Waals surface area contributed by atoms with Gasteiger partial charge in [0.05, 0.1) is 6.67 Å². The molecule has 0 saturated heterocycles.